The van der Waals surface area contributed by atoms with Gasteiger partial charge in [0.25, 0.3) is 0 Å². The van der Waals surface area contributed by atoms with Gasteiger partial charge in [-0.1, -0.05) is 18.2 Å². The van der Waals surface area contributed by atoms with E-state index in [9.17, 15) is 8.78 Å². The molecule has 20 heavy (non-hydrogen) atoms. The van der Waals surface area contributed by atoms with Gasteiger partial charge >= 0.3 is 0 Å². The summed E-state index contributed by atoms with van der Waals surface area (Å²) in [5.41, 5.74) is 7.72. The second kappa shape index (κ2) is 5.06. The molecule has 0 atom stereocenters. The number of benzene rings is 2. The Hall–Kier alpha value is -2.20. The summed E-state index contributed by atoms with van der Waals surface area (Å²) >= 11 is 0. The lowest BCUT2D eigenvalue weighted by Gasteiger charge is -2.08. The van der Waals surface area contributed by atoms with Gasteiger partial charge in [0.2, 0.25) is 0 Å². The number of aromatic nitrogens is 1. The third kappa shape index (κ3) is 2.08. The third-order valence-electron chi connectivity index (χ3n) is 3.51. The average molecular weight is 272 g/mol. The Balaban J connectivity index is 2.08. The molecule has 0 radical (unpaired) electrons. The molecule has 0 aliphatic carbocycles. The van der Waals surface area contributed by atoms with Gasteiger partial charge in [0.15, 0.2) is 0 Å². The highest BCUT2D eigenvalue weighted by Gasteiger charge is 2.11. The van der Waals surface area contributed by atoms with Crippen LogP contribution in [0.2, 0.25) is 0 Å². The Morgan fingerprint density at radius 2 is 1.65 bits per heavy atom. The number of halogens is 2. The molecule has 0 bridgehead atoms. The second-order valence-corrected chi connectivity index (χ2v) is 4.70. The predicted molar refractivity (Wildman–Crippen MR) is 75.3 cm³/mol. The zero-order valence-electron chi connectivity index (χ0n) is 10.8. The lowest BCUT2D eigenvalue weighted by Crippen LogP contribution is -2.04. The highest BCUT2D eigenvalue weighted by atomic mass is 19.1. The molecule has 1 heterocycles. The van der Waals surface area contributed by atoms with Crippen LogP contribution < -0.4 is 5.73 Å². The zero-order valence-corrected chi connectivity index (χ0v) is 10.8. The van der Waals surface area contributed by atoms with E-state index in [1.54, 1.807) is 0 Å². The van der Waals surface area contributed by atoms with Crippen LogP contribution in [0.1, 0.15) is 11.1 Å². The van der Waals surface area contributed by atoms with Gasteiger partial charge in [0.05, 0.1) is 6.54 Å². The summed E-state index contributed by atoms with van der Waals surface area (Å²) in [7, 11) is 0. The van der Waals surface area contributed by atoms with E-state index in [4.69, 9.17) is 5.73 Å². The van der Waals surface area contributed by atoms with Gasteiger partial charge in [-0.25, -0.2) is 8.78 Å². The average Bonchev–Trinajstić information content (AvgIpc) is 2.86. The van der Waals surface area contributed by atoms with Gasteiger partial charge in [-0.15, -0.1) is 0 Å². The molecular weight excluding hydrogens is 258 g/mol. The largest absolute Gasteiger partial charge is 0.343 e. The fourth-order valence-electron chi connectivity index (χ4n) is 2.46. The molecule has 0 fully saturated rings. The summed E-state index contributed by atoms with van der Waals surface area (Å²) in [6.07, 6.45) is 1.83. The number of hydrogen-bond acceptors (Lipinski definition) is 1. The highest BCUT2D eigenvalue weighted by molar-refractivity contribution is 5.83. The molecule has 0 aliphatic heterocycles. The van der Waals surface area contributed by atoms with Crippen LogP contribution in [0.15, 0.2) is 48.7 Å². The van der Waals surface area contributed by atoms with E-state index in [1.165, 1.54) is 18.2 Å². The van der Waals surface area contributed by atoms with Crippen molar-refractivity contribution in [2.45, 2.75) is 13.1 Å². The van der Waals surface area contributed by atoms with E-state index >= 15 is 0 Å². The van der Waals surface area contributed by atoms with Gasteiger partial charge in [0, 0.05) is 29.2 Å². The molecule has 3 aromatic rings. The monoisotopic (exact) mass is 272 g/mol. The summed E-state index contributed by atoms with van der Waals surface area (Å²) in [6, 6.07) is 11.6. The number of rotatable bonds is 3. The lowest BCUT2D eigenvalue weighted by molar-refractivity contribution is 0.547. The molecule has 0 amide bonds. The lowest BCUT2D eigenvalue weighted by atomic mass is 10.1. The van der Waals surface area contributed by atoms with Crippen molar-refractivity contribution in [1.82, 2.24) is 4.57 Å². The summed E-state index contributed by atoms with van der Waals surface area (Å²) < 4.78 is 29.3. The van der Waals surface area contributed by atoms with Crippen molar-refractivity contribution in [2.24, 2.45) is 5.73 Å². The van der Waals surface area contributed by atoms with E-state index in [-0.39, 0.29) is 12.1 Å². The molecule has 102 valence electrons. The van der Waals surface area contributed by atoms with Crippen molar-refractivity contribution in [3.05, 3.63) is 71.4 Å². The SMILES string of the molecule is NCc1cccc2c1ccn2Cc1c(F)cccc1F. The number of nitrogens with zero attached hydrogens (tertiary/aromatic N) is 1. The van der Waals surface area contributed by atoms with E-state index in [2.05, 4.69) is 0 Å². The van der Waals surface area contributed by atoms with Gasteiger partial charge < -0.3 is 10.3 Å². The molecule has 0 spiro atoms. The van der Waals surface area contributed by atoms with Crippen molar-refractivity contribution in [3.63, 3.8) is 0 Å². The first kappa shape index (κ1) is 12.8. The molecular formula is C16H14F2N2. The van der Waals surface area contributed by atoms with Crippen LogP contribution >= 0.6 is 0 Å². The Kier molecular flexibility index (Phi) is 3.24. The summed E-state index contributed by atoms with van der Waals surface area (Å²) in [4.78, 5) is 0. The standard InChI is InChI=1S/C16H14F2N2/c17-14-4-2-5-15(18)13(14)10-20-8-7-12-11(9-19)3-1-6-16(12)20/h1-8H,9-10,19H2. The topological polar surface area (TPSA) is 30.9 Å². The first-order valence-electron chi connectivity index (χ1n) is 6.40. The van der Waals surface area contributed by atoms with E-state index in [1.807, 2.05) is 35.0 Å². The highest BCUT2D eigenvalue weighted by Crippen LogP contribution is 2.22. The van der Waals surface area contributed by atoms with Crippen molar-refractivity contribution in [3.8, 4) is 0 Å². The Labute approximate surface area is 115 Å². The Bertz CT molecular complexity index is 742. The molecule has 2 aromatic carbocycles. The summed E-state index contributed by atoms with van der Waals surface area (Å²) in [5.74, 6) is -1.05. The Morgan fingerprint density at radius 3 is 2.35 bits per heavy atom. The third-order valence-corrected chi connectivity index (χ3v) is 3.51. The van der Waals surface area contributed by atoms with E-state index in [0.717, 1.165) is 16.5 Å². The maximum atomic E-state index is 13.7. The smallest absolute Gasteiger partial charge is 0.131 e. The Morgan fingerprint density at radius 1 is 0.950 bits per heavy atom. The normalized spacial score (nSPS) is 11.2. The molecule has 4 heteroatoms. The summed E-state index contributed by atoms with van der Waals surface area (Å²) in [6.45, 7) is 0.603. The quantitative estimate of drug-likeness (QED) is 0.778. The maximum Gasteiger partial charge on any atom is 0.131 e. The van der Waals surface area contributed by atoms with Crippen molar-refractivity contribution < 1.29 is 8.78 Å². The van der Waals surface area contributed by atoms with Gasteiger partial charge in [0.1, 0.15) is 11.6 Å². The van der Waals surface area contributed by atoms with Gasteiger partial charge in [-0.3, -0.25) is 0 Å². The van der Waals surface area contributed by atoms with Crippen LogP contribution in [0.3, 0.4) is 0 Å². The molecule has 0 saturated carbocycles. The minimum Gasteiger partial charge on any atom is -0.343 e. The van der Waals surface area contributed by atoms with Gasteiger partial charge in [-0.05, 0) is 29.8 Å². The fourth-order valence-corrected chi connectivity index (χ4v) is 2.46. The van der Waals surface area contributed by atoms with E-state index < -0.39 is 11.6 Å². The van der Waals surface area contributed by atoms with Crippen LogP contribution in [-0.4, -0.2) is 4.57 Å². The molecule has 0 aliphatic rings. The minimum atomic E-state index is -0.526. The summed E-state index contributed by atoms with van der Waals surface area (Å²) in [5, 5.41) is 1.02. The fraction of sp³-hybridized carbons (Fsp3) is 0.125. The maximum absolute atomic E-state index is 13.7. The van der Waals surface area contributed by atoms with E-state index in [0.29, 0.717) is 6.54 Å². The van der Waals surface area contributed by atoms with Crippen LogP contribution in [-0.2, 0) is 13.1 Å². The van der Waals surface area contributed by atoms with Crippen molar-refractivity contribution in [1.29, 1.82) is 0 Å². The number of nitrogens with two attached hydrogens (primary N) is 1. The van der Waals surface area contributed by atoms with Crippen LogP contribution in [0.4, 0.5) is 8.78 Å². The van der Waals surface area contributed by atoms with Crippen molar-refractivity contribution in [2.75, 3.05) is 0 Å². The minimum absolute atomic E-state index is 0.0724. The molecule has 2 nitrogen and oxygen atoms in total. The van der Waals surface area contributed by atoms with Gasteiger partial charge in [-0.2, -0.15) is 0 Å². The number of hydrogen-bond donors (Lipinski definition) is 1. The van der Waals surface area contributed by atoms with Crippen LogP contribution in [0.25, 0.3) is 10.9 Å². The van der Waals surface area contributed by atoms with Crippen LogP contribution in [0, 0.1) is 11.6 Å². The van der Waals surface area contributed by atoms with Crippen molar-refractivity contribution >= 4 is 10.9 Å². The number of fused-ring (bicyclic) bond motifs is 1. The molecule has 0 unspecified atom stereocenters. The predicted octanol–water partition coefficient (Wildman–Crippen LogP) is 3.43. The second-order valence-electron chi connectivity index (χ2n) is 4.70. The molecule has 3 rings (SSSR count). The molecule has 0 saturated heterocycles. The first-order valence-corrected chi connectivity index (χ1v) is 6.40. The molecule has 1 aromatic heterocycles. The van der Waals surface area contributed by atoms with Crippen LogP contribution in [0.5, 0.6) is 0 Å². The molecule has 2 N–H and O–H groups in total. The first-order chi connectivity index (χ1) is 9.70. The zero-order chi connectivity index (χ0) is 14.1.